The van der Waals surface area contributed by atoms with Gasteiger partial charge in [0, 0.05) is 29.4 Å². The molecule has 2 aromatic carbocycles. The van der Waals surface area contributed by atoms with Crippen molar-refractivity contribution in [3.05, 3.63) is 53.3 Å². The standard InChI is InChI=1S/C17H14F3N3O3S/c18-12-6-10(7-13(19)16(12)20)22-17(24)9-1-4-14-15(5-9)27(25,26)23(8-21-14)11-2-3-11/h1,4-7,11,21H,2-3,8H2,(H,22,24). The van der Waals surface area contributed by atoms with Crippen LogP contribution >= 0.6 is 0 Å². The summed E-state index contributed by atoms with van der Waals surface area (Å²) in [6.45, 7) is 0.166. The Balaban J connectivity index is 1.64. The van der Waals surface area contributed by atoms with Crippen LogP contribution in [0.25, 0.3) is 0 Å². The van der Waals surface area contributed by atoms with E-state index in [0.717, 1.165) is 12.8 Å². The number of halogens is 3. The van der Waals surface area contributed by atoms with E-state index in [1.807, 2.05) is 0 Å². The van der Waals surface area contributed by atoms with Crippen LogP contribution in [0.15, 0.2) is 35.2 Å². The Morgan fingerprint density at radius 2 is 1.78 bits per heavy atom. The van der Waals surface area contributed by atoms with Crippen molar-refractivity contribution in [2.45, 2.75) is 23.8 Å². The van der Waals surface area contributed by atoms with E-state index in [1.165, 1.54) is 22.5 Å². The van der Waals surface area contributed by atoms with E-state index < -0.39 is 33.4 Å². The van der Waals surface area contributed by atoms with Gasteiger partial charge in [-0.05, 0) is 31.0 Å². The Kier molecular flexibility index (Phi) is 4.11. The van der Waals surface area contributed by atoms with Crippen molar-refractivity contribution in [3.8, 4) is 0 Å². The first kappa shape index (κ1) is 17.8. The van der Waals surface area contributed by atoms with E-state index in [4.69, 9.17) is 0 Å². The average molecular weight is 397 g/mol. The van der Waals surface area contributed by atoms with E-state index in [0.29, 0.717) is 17.8 Å². The molecule has 4 rings (SSSR count). The van der Waals surface area contributed by atoms with Crippen LogP contribution in [0, 0.1) is 17.5 Å². The molecule has 0 unspecified atom stereocenters. The summed E-state index contributed by atoms with van der Waals surface area (Å²) in [6.07, 6.45) is 1.58. The zero-order chi connectivity index (χ0) is 19.3. The van der Waals surface area contributed by atoms with Crippen molar-refractivity contribution in [3.63, 3.8) is 0 Å². The molecular formula is C17H14F3N3O3S. The molecule has 2 aliphatic rings. The van der Waals surface area contributed by atoms with Gasteiger partial charge in [0.1, 0.15) is 4.90 Å². The number of amides is 1. The van der Waals surface area contributed by atoms with Gasteiger partial charge in [0.05, 0.1) is 12.4 Å². The summed E-state index contributed by atoms with van der Waals surface area (Å²) < 4.78 is 66.4. The number of anilines is 2. The number of rotatable bonds is 3. The summed E-state index contributed by atoms with van der Waals surface area (Å²) in [5.41, 5.74) is 0.0824. The quantitative estimate of drug-likeness (QED) is 0.781. The topological polar surface area (TPSA) is 78.5 Å². The summed E-state index contributed by atoms with van der Waals surface area (Å²) >= 11 is 0. The third-order valence-corrected chi connectivity index (χ3v) is 6.39. The smallest absolute Gasteiger partial charge is 0.255 e. The molecule has 2 aromatic rings. The number of benzene rings is 2. The molecule has 0 bridgehead atoms. The van der Waals surface area contributed by atoms with Crippen LogP contribution in [0.2, 0.25) is 0 Å². The minimum Gasteiger partial charge on any atom is -0.370 e. The van der Waals surface area contributed by atoms with Gasteiger partial charge in [-0.2, -0.15) is 4.31 Å². The summed E-state index contributed by atoms with van der Waals surface area (Å²) in [7, 11) is -3.75. The zero-order valence-electron chi connectivity index (χ0n) is 13.8. The fourth-order valence-corrected chi connectivity index (χ4v) is 4.70. The lowest BCUT2D eigenvalue weighted by Gasteiger charge is -2.29. The highest BCUT2D eigenvalue weighted by molar-refractivity contribution is 7.89. The summed E-state index contributed by atoms with van der Waals surface area (Å²) in [6, 6.07) is 5.29. The second kappa shape index (κ2) is 6.24. The third kappa shape index (κ3) is 3.15. The van der Waals surface area contributed by atoms with Gasteiger partial charge in [0.25, 0.3) is 5.91 Å². The minimum atomic E-state index is -3.75. The van der Waals surface area contributed by atoms with Crippen molar-refractivity contribution in [2.75, 3.05) is 17.3 Å². The molecule has 1 aliphatic carbocycles. The highest BCUT2D eigenvalue weighted by Gasteiger charge is 2.41. The maximum absolute atomic E-state index is 13.3. The first-order valence-corrected chi connectivity index (χ1v) is 9.57. The van der Waals surface area contributed by atoms with Gasteiger partial charge in [-0.3, -0.25) is 4.79 Å². The SMILES string of the molecule is O=C(Nc1cc(F)c(F)c(F)c1)c1ccc2c(c1)S(=O)(=O)N(C1CC1)CN2. The van der Waals surface area contributed by atoms with Gasteiger partial charge in [0.15, 0.2) is 17.5 Å². The largest absolute Gasteiger partial charge is 0.370 e. The number of nitrogens with one attached hydrogen (secondary N) is 2. The molecule has 0 aromatic heterocycles. The van der Waals surface area contributed by atoms with Crippen LogP contribution in [0.5, 0.6) is 0 Å². The molecule has 27 heavy (non-hydrogen) atoms. The van der Waals surface area contributed by atoms with Crippen LogP contribution < -0.4 is 10.6 Å². The molecule has 0 radical (unpaired) electrons. The molecule has 1 amide bonds. The number of fused-ring (bicyclic) bond motifs is 1. The first-order chi connectivity index (χ1) is 12.8. The number of hydrogen-bond acceptors (Lipinski definition) is 4. The molecule has 1 saturated carbocycles. The lowest BCUT2D eigenvalue weighted by atomic mass is 10.2. The minimum absolute atomic E-state index is 0.0121. The third-order valence-electron chi connectivity index (χ3n) is 4.45. The number of carbonyl (C=O) groups is 1. The van der Waals surface area contributed by atoms with Gasteiger partial charge in [-0.25, -0.2) is 21.6 Å². The van der Waals surface area contributed by atoms with E-state index in [9.17, 15) is 26.4 Å². The van der Waals surface area contributed by atoms with Crippen molar-refractivity contribution >= 4 is 27.3 Å². The van der Waals surface area contributed by atoms with Crippen LogP contribution in [0.1, 0.15) is 23.2 Å². The summed E-state index contributed by atoms with van der Waals surface area (Å²) in [5.74, 6) is -5.30. The summed E-state index contributed by atoms with van der Waals surface area (Å²) in [4.78, 5) is 12.3. The van der Waals surface area contributed by atoms with E-state index >= 15 is 0 Å². The van der Waals surface area contributed by atoms with Crippen LogP contribution in [0.3, 0.4) is 0 Å². The lowest BCUT2D eigenvalue weighted by Crippen LogP contribution is -2.41. The monoisotopic (exact) mass is 397 g/mol. The van der Waals surface area contributed by atoms with Crippen molar-refractivity contribution < 1.29 is 26.4 Å². The fraction of sp³-hybridized carbons (Fsp3) is 0.235. The van der Waals surface area contributed by atoms with Crippen LogP contribution in [-0.2, 0) is 10.0 Å². The van der Waals surface area contributed by atoms with E-state index in [-0.39, 0.29) is 28.9 Å². The van der Waals surface area contributed by atoms with E-state index in [1.54, 1.807) is 0 Å². The molecule has 0 atom stereocenters. The second-order valence-corrected chi connectivity index (χ2v) is 8.24. The molecular weight excluding hydrogens is 383 g/mol. The van der Waals surface area contributed by atoms with Gasteiger partial charge in [0.2, 0.25) is 10.0 Å². The molecule has 1 fully saturated rings. The van der Waals surface area contributed by atoms with Crippen LogP contribution in [0.4, 0.5) is 24.5 Å². The molecule has 1 aliphatic heterocycles. The Hall–Kier alpha value is -2.59. The van der Waals surface area contributed by atoms with Gasteiger partial charge < -0.3 is 10.6 Å². The van der Waals surface area contributed by atoms with Crippen LogP contribution in [-0.4, -0.2) is 31.3 Å². The van der Waals surface area contributed by atoms with Gasteiger partial charge >= 0.3 is 0 Å². The molecule has 6 nitrogen and oxygen atoms in total. The molecule has 2 N–H and O–H groups in total. The molecule has 0 spiro atoms. The Labute approximate surface area is 153 Å². The van der Waals surface area contributed by atoms with Crippen molar-refractivity contribution in [1.29, 1.82) is 0 Å². The predicted octanol–water partition coefficient (Wildman–Crippen LogP) is 2.89. The average Bonchev–Trinajstić information content (AvgIpc) is 3.44. The highest BCUT2D eigenvalue weighted by Crippen LogP contribution is 2.37. The Morgan fingerprint density at radius 1 is 1.11 bits per heavy atom. The summed E-state index contributed by atoms with van der Waals surface area (Å²) in [5, 5.41) is 5.23. The molecule has 1 heterocycles. The normalized spacial score (nSPS) is 18.5. The highest BCUT2D eigenvalue weighted by atomic mass is 32.2. The molecule has 0 saturated heterocycles. The molecule has 10 heteroatoms. The zero-order valence-corrected chi connectivity index (χ0v) is 14.6. The number of hydrogen-bond donors (Lipinski definition) is 2. The Morgan fingerprint density at radius 3 is 2.41 bits per heavy atom. The number of carbonyl (C=O) groups excluding carboxylic acids is 1. The second-order valence-electron chi connectivity index (χ2n) is 6.38. The van der Waals surface area contributed by atoms with Crippen molar-refractivity contribution in [1.82, 2.24) is 4.31 Å². The fourth-order valence-electron chi connectivity index (χ4n) is 2.92. The lowest BCUT2D eigenvalue weighted by molar-refractivity contribution is 0.102. The first-order valence-electron chi connectivity index (χ1n) is 8.13. The number of sulfonamides is 1. The van der Waals surface area contributed by atoms with Gasteiger partial charge in [-0.1, -0.05) is 0 Å². The van der Waals surface area contributed by atoms with Crippen molar-refractivity contribution in [2.24, 2.45) is 0 Å². The number of nitrogens with zero attached hydrogens (tertiary/aromatic N) is 1. The van der Waals surface area contributed by atoms with E-state index in [2.05, 4.69) is 10.6 Å². The maximum atomic E-state index is 13.3. The predicted molar refractivity (Wildman–Crippen MR) is 91.2 cm³/mol. The molecule has 142 valence electrons. The maximum Gasteiger partial charge on any atom is 0.255 e. The Bertz CT molecular complexity index is 1030. The van der Waals surface area contributed by atoms with Gasteiger partial charge in [-0.15, -0.1) is 0 Å².